The highest BCUT2D eigenvalue weighted by atomic mass is 32.2. The van der Waals surface area contributed by atoms with Crippen LogP contribution in [0.2, 0.25) is 0 Å². The molecule has 0 atom stereocenters. The van der Waals surface area contributed by atoms with Gasteiger partial charge in [-0.2, -0.15) is 5.10 Å². The maximum atomic E-state index is 11.6. The zero-order valence-corrected chi connectivity index (χ0v) is 10.7. The van der Waals surface area contributed by atoms with Crippen molar-refractivity contribution >= 4 is 10.0 Å². The van der Waals surface area contributed by atoms with E-state index >= 15 is 0 Å². The van der Waals surface area contributed by atoms with E-state index in [1.54, 1.807) is 19.3 Å². The number of rotatable bonds is 3. The Morgan fingerprint density at radius 2 is 2.11 bits per heavy atom. The molecule has 0 aliphatic rings. The number of primary sulfonamides is 1. The molecule has 2 heterocycles. The molecule has 0 amide bonds. The Bertz CT molecular complexity index is 829. The second kappa shape index (κ2) is 4.48. The van der Waals surface area contributed by atoms with Gasteiger partial charge in [-0.25, -0.2) is 18.4 Å². The van der Waals surface area contributed by atoms with E-state index < -0.39 is 26.2 Å². The van der Waals surface area contributed by atoms with Gasteiger partial charge in [0, 0.05) is 19.4 Å². The summed E-state index contributed by atoms with van der Waals surface area (Å²) < 4.78 is 24.9. The number of aromatic amines is 1. The summed E-state index contributed by atoms with van der Waals surface area (Å²) in [5.74, 6) is 0. The first-order valence-corrected chi connectivity index (χ1v) is 6.67. The first-order valence-electron chi connectivity index (χ1n) is 5.12. The predicted octanol–water partition coefficient (Wildman–Crippen LogP) is -2.03. The van der Waals surface area contributed by atoms with E-state index in [1.165, 1.54) is 4.68 Å². The molecule has 0 aliphatic heterocycles. The molecule has 0 spiro atoms. The molecule has 0 bridgehead atoms. The van der Waals surface area contributed by atoms with Gasteiger partial charge in [-0.05, 0) is 6.07 Å². The van der Waals surface area contributed by atoms with Gasteiger partial charge in [0.25, 0.3) is 5.56 Å². The summed E-state index contributed by atoms with van der Waals surface area (Å²) in [7, 11) is -2.49. The molecule has 102 valence electrons. The summed E-state index contributed by atoms with van der Waals surface area (Å²) in [4.78, 5) is 24.2. The van der Waals surface area contributed by atoms with Gasteiger partial charge in [0.05, 0.1) is 12.2 Å². The molecule has 0 aromatic carbocycles. The molecule has 3 N–H and O–H groups in total. The zero-order chi connectivity index (χ0) is 14.2. The minimum Gasteiger partial charge on any atom is -0.293 e. The van der Waals surface area contributed by atoms with Crippen molar-refractivity contribution in [2.24, 2.45) is 12.2 Å². The molecule has 2 aromatic heterocycles. The normalized spacial score (nSPS) is 11.7. The number of sulfonamides is 1. The van der Waals surface area contributed by atoms with Crippen molar-refractivity contribution in [3.05, 3.63) is 45.0 Å². The molecule has 0 fully saturated rings. The maximum Gasteiger partial charge on any atom is 0.328 e. The number of hydrogen-bond donors (Lipinski definition) is 2. The number of nitrogens with two attached hydrogens (primary N) is 1. The predicted molar refractivity (Wildman–Crippen MR) is 65.0 cm³/mol. The second-order valence-electron chi connectivity index (χ2n) is 3.91. The standard InChI is InChI=1S/C9H11N5O4S/c1-13-3-2-6(12-13)4-14-5-7(19(10,17)18)8(15)11-9(14)16/h2-3,5H,4H2,1H3,(H2,10,17,18)(H,11,15,16). The van der Waals surface area contributed by atoms with Crippen LogP contribution in [0.25, 0.3) is 0 Å². The summed E-state index contributed by atoms with van der Waals surface area (Å²) in [6.45, 7) is 0.0268. The molecular formula is C9H11N5O4S. The fourth-order valence-electron chi connectivity index (χ4n) is 1.53. The minimum atomic E-state index is -4.19. The van der Waals surface area contributed by atoms with E-state index in [2.05, 4.69) is 5.10 Å². The summed E-state index contributed by atoms with van der Waals surface area (Å²) in [6.07, 6.45) is 2.58. The molecule has 0 saturated carbocycles. The number of nitrogens with zero attached hydrogens (tertiary/aromatic N) is 3. The fraction of sp³-hybridized carbons (Fsp3) is 0.222. The lowest BCUT2D eigenvalue weighted by atomic mass is 10.4. The van der Waals surface area contributed by atoms with Gasteiger partial charge in [0.1, 0.15) is 0 Å². The Morgan fingerprint density at radius 1 is 1.42 bits per heavy atom. The molecule has 2 rings (SSSR count). The van der Waals surface area contributed by atoms with Crippen LogP contribution in [0.5, 0.6) is 0 Å². The van der Waals surface area contributed by atoms with Crippen LogP contribution in [0.1, 0.15) is 5.69 Å². The third kappa shape index (κ3) is 2.80. The van der Waals surface area contributed by atoms with Crippen LogP contribution < -0.4 is 16.4 Å². The number of nitrogens with one attached hydrogen (secondary N) is 1. The Labute approximate surface area is 107 Å². The lowest BCUT2D eigenvalue weighted by Crippen LogP contribution is -2.34. The van der Waals surface area contributed by atoms with Gasteiger partial charge in [-0.15, -0.1) is 0 Å². The van der Waals surface area contributed by atoms with Crippen LogP contribution >= 0.6 is 0 Å². The first kappa shape index (κ1) is 13.2. The highest BCUT2D eigenvalue weighted by molar-refractivity contribution is 7.89. The fourth-order valence-corrected chi connectivity index (χ4v) is 2.12. The highest BCUT2D eigenvalue weighted by Gasteiger charge is 2.15. The van der Waals surface area contributed by atoms with E-state index in [-0.39, 0.29) is 6.54 Å². The quantitative estimate of drug-likeness (QED) is 0.670. The topological polar surface area (TPSA) is 133 Å². The second-order valence-corrected chi connectivity index (χ2v) is 5.44. The molecule has 0 radical (unpaired) electrons. The van der Waals surface area contributed by atoms with E-state index in [0.29, 0.717) is 5.69 Å². The summed E-state index contributed by atoms with van der Waals surface area (Å²) in [5, 5.41) is 8.94. The SMILES string of the molecule is Cn1ccc(Cn2cc(S(N)(=O)=O)c(=O)[nH]c2=O)n1. The van der Waals surface area contributed by atoms with E-state index in [1.807, 2.05) is 4.98 Å². The van der Waals surface area contributed by atoms with Crippen molar-refractivity contribution in [3.63, 3.8) is 0 Å². The van der Waals surface area contributed by atoms with Gasteiger partial charge in [0.2, 0.25) is 10.0 Å². The molecular weight excluding hydrogens is 274 g/mol. The van der Waals surface area contributed by atoms with Gasteiger partial charge in [0.15, 0.2) is 4.90 Å². The average molecular weight is 285 g/mol. The van der Waals surface area contributed by atoms with Crippen molar-refractivity contribution in [2.45, 2.75) is 11.4 Å². The third-order valence-corrected chi connectivity index (χ3v) is 3.29. The molecule has 0 saturated heterocycles. The number of H-pyrrole nitrogens is 1. The molecule has 2 aromatic rings. The number of aryl methyl sites for hydroxylation is 1. The van der Waals surface area contributed by atoms with Crippen molar-refractivity contribution in [1.29, 1.82) is 0 Å². The number of hydrogen-bond acceptors (Lipinski definition) is 5. The summed E-state index contributed by atoms with van der Waals surface area (Å²) in [5.41, 5.74) is -1.23. The van der Waals surface area contributed by atoms with Gasteiger partial charge in [-0.3, -0.25) is 19.0 Å². The van der Waals surface area contributed by atoms with Crippen LogP contribution in [0, 0.1) is 0 Å². The number of aromatic nitrogens is 4. The van der Waals surface area contributed by atoms with E-state index in [9.17, 15) is 18.0 Å². The van der Waals surface area contributed by atoms with E-state index in [4.69, 9.17) is 5.14 Å². The Hall–Kier alpha value is -2.20. The lowest BCUT2D eigenvalue weighted by molar-refractivity contribution is 0.590. The first-order chi connectivity index (χ1) is 8.77. The average Bonchev–Trinajstić information content (AvgIpc) is 2.66. The maximum absolute atomic E-state index is 11.6. The van der Waals surface area contributed by atoms with Crippen LogP contribution in [0.4, 0.5) is 0 Å². The summed E-state index contributed by atoms with van der Waals surface area (Å²) in [6, 6.07) is 1.66. The molecule has 9 nitrogen and oxygen atoms in total. The van der Waals surface area contributed by atoms with Crippen LogP contribution in [-0.4, -0.2) is 27.7 Å². The monoisotopic (exact) mass is 285 g/mol. The lowest BCUT2D eigenvalue weighted by Gasteiger charge is -2.04. The Morgan fingerprint density at radius 3 is 2.63 bits per heavy atom. The molecule has 0 aliphatic carbocycles. The van der Waals surface area contributed by atoms with Crippen molar-refractivity contribution < 1.29 is 8.42 Å². The van der Waals surface area contributed by atoms with Crippen LogP contribution in [0.15, 0.2) is 32.9 Å². The minimum absolute atomic E-state index is 0.0268. The third-order valence-electron chi connectivity index (χ3n) is 2.39. The molecule has 10 heteroatoms. The Balaban J connectivity index is 2.53. The smallest absolute Gasteiger partial charge is 0.293 e. The van der Waals surface area contributed by atoms with Crippen LogP contribution in [-0.2, 0) is 23.6 Å². The van der Waals surface area contributed by atoms with Crippen molar-refractivity contribution in [1.82, 2.24) is 19.3 Å². The van der Waals surface area contributed by atoms with E-state index in [0.717, 1.165) is 10.8 Å². The Kier molecular flexibility index (Phi) is 3.12. The van der Waals surface area contributed by atoms with Gasteiger partial charge < -0.3 is 0 Å². The largest absolute Gasteiger partial charge is 0.328 e. The summed E-state index contributed by atoms with van der Waals surface area (Å²) >= 11 is 0. The van der Waals surface area contributed by atoms with Gasteiger partial charge in [-0.1, -0.05) is 0 Å². The van der Waals surface area contributed by atoms with Gasteiger partial charge >= 0.3 is 5.69 Å². The van der Waals surface area contributed by atoms with Crippen LogP contribution in [0.3, 0.4) is 0 Å². The molecule has 0 unspecified atom stereocenters. The van der Waals surface area contributed by atoms with Crippen molar-refractivity contribution in [2.75, 3.05) is 0 Å². The molecule has 19 heavy (non-hydrogen) atoms. The zero-order valence-electron chi connectivity index (χ0n) is 9.90. The highest BCUT2D eigenvalue weighted by Crippen LogP contribution is 2.00. The van der Waals surface area contributed by atoms with Crippen molar-refractivity contribution in [3.8, 4) is 0 Å².